The van der Waals surface area contributed by atoms with Crippen molar-refractivity contribution in [3.05, 3.63) is 34.9 Å². The molecule has 0 bridgehead atoms. The van der Waals surface area contributed by atoms with E-state index in [1.165, 1.54) is 16.7 Å². The summed E-state index contributed by atoms with van der Waals surface area (Å²) in [6, 6.07) is 6.70. The summed E-state index contributed by atoms with van der Waals surface area (Å²) in [6.07, 6.45) is 1.10. The summed E-state index contributed by atoms with van der Waals surface area (Å²) >= 11 is 0. The van der Waals surface area contributed by atoms with Crippen LogP contribution in [-0.2, 0) is 6.42 Å². The molecule has 0 aliphatic rings. The van der Waals surface area contributed by atoms with Gasteiger partial charge in [0.25, 0.3) is 0 Å². The van der Waals surface area contributed by atoms with E-state index in [2.05, 4.69) is 56.5 Å². The van der Waals surface area contributed by atoms with E-state index in [1.54, 1.807) is 0 Å². The topological polar surface area (TPSA) is 24.1 Å². The first-order valence-electron chi connectivity index (χ1n) is 6.40. The third-order valence-corrected chi connectivity index (χ3v) is 3.31. The van der Waals surface area contributed by atoms with E-state index < -0.39 is 0 Å². The Morgan fingerprint density at radius 3 is 2.47 bits per heavy atom. The van der Waals surface area contributed by atoms with Crippen LogP contribution in [0.15, 0.2) is 18.2 Å². The van der Waals surface area contributed by atoms with Gasteiger partial charge in [-0.25, -0.2) is 0 Å². The van der Waals surface area contributed by atoms with E-state index in [4.69, 9.17) is 0 Å². The molecule has 0 saturated heterocycles. The molecule has 0 heterocycles. The van der Waals surface area contributed by atoms with E-state index in [0.29, 0.717) is 0 Å². The summed E-state index contributed by atoms with van der Waals surface area (Å²) in [5, 5.41) is 6.80. The van der Waals surface area contributed by atoms with Crippen LogP contribution in [0.25, 0.3) is 0 Å². The van der Waals surface area contributed by atoms with Gasteiger partial charge in [-0.2, -0.15) is 0 Å². The first kappa shape index (κ1) is 14.2. The van der Waals surface area contributed by atoms with E-state index in [1.807, 2.05) is 7.05 Å². The summed E-state index contributed by atoms with van der Waals surface area (Å²) in [7, 11) is 2.01. The molecule has 0 spiro atoms. The van der Waals surface area contributed by atoms with Gasteiger partial charge in [0.05, 0.1) is 0 Å². The Kier molecular flexibility index (Phi) is 5.16. The van der Waals surface area contributed by atoms with Gasteiger partial charge in [0.15, 0.2) is 0 Å². The lowest BCUT2D eigenvalue weighted by Crippen LogP contribution is -2.46. The Morgan fingerprint density at radius 1 is 1.18 bits per heavy atom. The van der Waals surface area contributed by atoms with Gasteiger partial charge in [-0.3, -0.25) is 0 Å². The summed E-state index contributed by atoms with van der Waals surface area (Å²) in [6.45, 7) is 10.8. The van der Waals surface area contributed by atoms with Crippen LogP contribution in [0.1, 0.15) is 30.5 Å². The highest BCUT2D eigenvalue weighted by Crippen LogP contribution is 2.10. The molecule has 0 saturated carbocycles. The van der Waals surface area contributed by atoms with Crippen LogP contribution in [0, 0.1) is 13.8 Å². The fourth-order valence-corrected chi connectivity index (χ4v) is 1.84. The van der Waals surface area contributed by atoms with Crippen LogP contribution in [0.2, 0.25) is 0 Å². The number of hydrogen-bond acceptors (Lipinski definition) is 2. The van der Waals surface area contributed by atoms with Gasteiger partial charge in [0.1, 0.15) is 0 Å². The predicted octanol–water partition coefficient (Wildman–Crippen LogP) is 2.43. The van der Waals surface area contributed by atoms with Gasteiger partial charge in [0.2, 0.25) is 0 Å². The molecule has 0 fully saturated rings. The standard InChI is InChI=1S/C15H26N2/c1-12-6-7-14(13(2)10-12)8-9-17-11-15(3,4)16-5/h6-7,10,16-17H,8-9,11H2,1-5H3. The number of nitrogens with one attached hydrogen (secondary N) is 2. The van der Waals surface area contributed by atoms with Gasteiger partial charge in [-0.1, -0.05) is 23.8 Å². The zero-order chi connectivity index (χ0) is 12.9. The van der Waals surface area contributed by atoms with Gasteiger partial charge >= 0.3 is 0 Å². The average Bonchev–Trinajstić information content (AvgIpc) is 2.27. The lowest BCUT2D eigenvalue weighted by molar-refractivity contribution is 0.395. The van der Waals surface area contributed by atoms with Crippen molar-refractivity contribution in [3.63, 3.8) is 0 Å². The highest BCUT2D eigenvalue weighted by atomic mass is 15.0. The Morgan fingerprint density at radius 2 is 1.88 bits per heavy atom. The third kappa shape index (κ3) is 4.88. The van der Waals surface area contributed by atoms with Crippen molar-refractivity contribution in [3.8, 4) is 0 Å². The summed E-state index contributed by atoms with van der Waals surface area (Å²) in [5.74, 6) is 0. The Balaban J connectivity index is 2.36. The van der Waals surface area contributed by atoms with Crippen LogP contribution in [0.5, 0.6) is 0 Å². The second kappa shape index (κ2) is 6.18. The second-order valence-corrected chi connectivity index (χ2v) is 5.49. The molecule has 2 N–H and O–H groups in total. The molecule has 17 heavy (non-hydrogen) atoms. The number of likely N-dealkylation sites (N-methyl/N-ethyl adjacent to an activating group) is 1. The molecule has 2 nitrogen and oxygen atoms in total. The minimum Gasteiger partial charge on any atom is -0.315 e. The van der Waals surface area contributed by atoms with Crippen LogP contribution in [0.3, 0.4) is 0 Å². The maximum Gasteiger partial charge on any atom is 0.0246 e. The van der Waals surface area contributed by atoms with Crippen molar-refractivity contribution in [2.75, 3.05) is 20.1 Å². The molecule has 0 unspecified atom stereocenters. The van der Waals surface area contributed by atoms with Gasteiger partial charge in [-0.15, -0.1) is 0 Å². The first-order valence-corrected chi connectivity index (χ1v) is 6.40. The van der Waals surface area contributed by atoms with Crippen molar-refractivity contribution in [1.29, 1.82) is 0 Å². The quantitative estimate of drug-likeness (QED) is 0.739. The maximum atomic E-state index is 3.50. The van der Waals surface area contributed by atoms with Crippen LogP contribution in [-0.4, -0.2) is 25.7 Å². The molecule has 1 aromatic carbocycles. The maximum absolute atomic E-state index is 3.50. The molecule has 0 aliphatic carbocycles. The Bertz CT molecular complexity index is 356. The molecule has 0 aromatic heterocycles. The number of benzene rings is 1. The van der Waals surface area contributed by atoms with Crippen molar-refractivity contribution < 1.29 is 0 Å². The highest BCUT2D eigenvalue weighted by molar-refractivity contribution is 5.30. The number of aryl methyl sites for hydroxylation is 2. The van der Waals surface area contributed by atoms with E-state index in [-0.39, 0.29) is 5.54 Å². The zero-order valence-electron chi connectivity index (χ0n) is 11.9. The van der Waals surface area contributed by atoms with E-state index in [0.717, 1.165) is 19.5 Å². The molecular weight excluding hydrogens is 208 g/mol. The number of hydrogen-bond donors (Lipinski definition) is 2. The molecule has 0 aliphatic heterocycles. The molecular formula is C15H26N2. The van der Waals surface area contributed by atoms with Crippen LogP contribution >= 0.6 is 0 Å². The van der Waals surface area contributed by atoms with Crippen molar-refractivity contribution in [2.45, 2.75) is 39.7 Å². The normalized spacial score (nSPS) is 11.8. The molecule has 0 atom stereocenters. The van der Waals surface area contributed by atoms with Crippen molar-refractivity contribution >= 4 is 0 Å². The molecule has 2 heteroatoms. The lowest BCUT2D eigenvalue weighted by Gasteiger charge is -2.24. The van der Waals surface area contributed by atoms with Gasteiger partial charge in [-0.05, 0) is 58.8 Å². The predicted molar refractivity (Wildman–Crippen MR) is 75.6 cm³/mol. The minimum atomic E-state index is 0.169. The summed E-state index contributed by atoms with van der Waals surface area (Å²) in [4.78, 5) is 0. The SMILES string of the molecule is CNC(C)(C)CNCCc1ccc(C)cc1C. The molecule has 0 radical (unpaired) electrons. The fraction of sp³-hybridized carbons (Fsp3) is 0.600. The number of rotatable bonds is 6. The molecule has 96 valence electrons. The zero-order valence-corrected chi connectivity index (χ0v) is 11.9. The molecule has 0 amide bonds. The third-order valence-electron chi connectivity index (χ3n) is 3.31. The smallest absolute Gasteiger partial charge is 0.0246 e. The van der Waals surface area contributed by atoms with Gasteiger partial charge < -0.3 is 10.6 Å². The Hall–Kier alpha value is -0.860. The van der Waals surface area contributed by atoms with Gasteiger partial charge in [0, 0.05) is 12.1 Å². The van der Waals surface area contributed by atoms with E-state index in [9.17, 15) is 0 Å². The average molecular weight is 234 g/mol. The summed E-state index contributed by atoms with van der Waals surface area (Å²) in [5.41, 5.74) is 4.36. The lowest BCUT2D eigenvalue weighted by atomic mass is 10.0. The van der Waals surface area contributed by atoms with Crippen LogP contribution < -0.4 is 10.6 Å². The van der Waals surface area contributed by atoms with E-state index >= 15 is 0 Å². The highest BCUT2D eigenvalue weighted by Gasteiger charge is 2.12. The molecule has 1 aromatic rings. The van der Waals surface area contributed by atoms with Crippen molar-refractivity contribution in [2.24, 2.45) is 0 Å². The second-order valence-electron chi connectivity index (χ2n) is 5.49. The minimum absolute atomic E-state index is 0.169. The fourth-order valence-electron chi connectivity index (χ4n) is 1.84. The summed E-state index contributed by atoms with van der Waals surface area (Å²) < 4.78 is 0. The van der Waals surface area contributed by atoms with Crippen LogP contribution in [0.4, 0.5) is 0 Å². The van der Waals surface area contributed by atoms with Crippen molar-refractivity contribution in [1.82, 2.24) is 10.6 Å². The monoisotopic (exact) mass is 234 g/mol. The first-order chi connectivity index (χ1) is 7.94. The molecule has 1 rings (SSSR count). The largest absolute Gasteiger partial charge is 0.315 e. The Labute approximate surface area is 106 Å².